The summed E-state index contributed by atoms with van der Waals surface area (Å²) in [4.78, 5) is 60.9. The van der Waals surface area contributed by atoms with Gasteiger partial charge in [0.15, 0.2) is 0 Å². The molecular formula is C12H14BiN2Na3O13. The summed E-state index contributed by atoms with van der Waals surface area (Å²) in [6.07, 6.45) is 0. The Balaban J connectivity index is -0.000000134. The van der Waals surface area contributed by atoms with Crippen LogP contribution >= 0.6 is 0 Å². The van der Waals surface area contributed by atoms with E-state index in [2.05, 4.69) is 2.81 Å². The third-order valence-electron chi connectivity index (χ3n) is 2.51. The molecule has 19 heteroatoms. The molecule has 0 saturated carbocycles. The third kappa shape index (κ3) is 32.7. The molecule has 0 fully saturated rings. The molecule has 0 aromatic carbocycles. The molecule has 0 aliphatic heterocycles. The van der Waals surface area contributed by atoms with E-state index in [4.69, 9.17) is 0 Å². The van der Waals surface area contributed by atoms with Gasteiger partial charge in [-0.25, -0.2) is 0 Å². The SMILES string of the molecule is O=C([O-])C[NH+](CC(=O)[O-])CC(=O)[O-].[Na+].[Na+].[Na+].[O]=[Bi][O]C(=O)C[NH+](CC(=O)[O-])CC(=O)[O-]. The molecule has 0 radical (unpaired) electrons. The first-order chi connectivity index (χ1) is 12.9. The van der Waals surface area contributed by atoms with Crippen LogP contribution in [0.4, 0.5) is 0 Å². The van der Waals surface area contributed by atoms with E-state index in [-0.39, 0.29) is 98.5 Å². The van der Waals surface area contributed by atoms with Gasteiger partial charge in [-0.15, -0.1) is 0 Å². The van der Waals surface area contributed by atoms with Gasteiger partial charge >= 0.3 is 185 Å². The van der Waals surface area contributed by atoms with Crippen molar-refractivity contribution in [2.45, 2.75) is 0 Å². The van der Waals surface area contributed by atoms with Crippen LogP contribution in [0.1, 0.15) is 0 Å². The van der Waals surface area contributed by atoms with E-state index in [1.807, 2.05) is 0 Å². The van der Waals surface area contributed by atoms with Gasteiger partial charge in [-0.3, -0.25) is 0 Å². The second-order valence-corrected chi connectivity index (χ2v) is 6.25. The minimum absolute atomic E-state index is 0. The van der Waals surface area contributed by atoms with Crippen LogP contribution in [0.15, 0.2) is 0 Å². The third-order valence-corrected chi connectivity index (χ3v) is 3.59. The van der Waals surface area contributed by atoms with E-state index >= 15 is 0 Å². The average Bonchev–Trinajstić information content (AvgIpc) is 2.43. The zero-order valence-electron chi connectivity index (χ0n) is 17.0. The van der Waals surface area contributed by atoms with Gasteiger partial charge in [0.2, 0.25) is 0 Å². The van der Waals surface area contributed by atoms with Crippen molar-refractivity contribution in [1.29, 1.82) is 0 Å². The molecule has 0 aliphatic rings. The van der Waals surface area contributed by atoms with Crippen molar-refractivity contribution in [3.05, 3.63) is 0 Å². The van der Waals surface area contributed by atoms with Crippen molar-refractivity contribution in [3.8, 4) is 0 Å². The molecule has 0 bridgehead atoms. The molecule has 158 valence electrons. The van der Waals surface area contributed by atoms with Gasteiger partial charge in [-0.2, -0.15) is 0 Å². The Hall–Kier alpha value is 0.423. The fourth-order valence-corrected chi connectivity index (χ4v) is 2.25. The van der Waals surface area contributed by atoms with E-state index in [9.17, 15) is 57.1 Å². The fraction of sp³-hybridized carbons (Fsp3) is 0.500. The molecule has 2 N–H and O–H groups in total. The van der Waals surface area contributed by atoms with Crippen molar-refractivity contribution in [2.75, 3.05) is 39.3 Å². The number of carboxylic acid groups (broad SMARTS) is 5. The number of aliphatic carboxylic acids is 5. The number of hydrogen-bond acceptors (Lipinski definition) is 13. The fourth-order valence-electron chi connectivity index (χ4n) is 1.67. The number of carbonyl (C=O) groups is 6. The summed E-state index contributed by atoms with van der Waals surface area (Å²) in [5.74, 6) is -8.48. The Bertz CT molecular complexity index is 569. The maximum atomic E-state index is 10.8. The van der Waals surface area contributed by atoms with E-state index in [1.54, 1.807) is 0 Å². The second kappa shape index (κ2) is 25.1. The molecule has 0 aromatic rings. The summed E-state index contributed by atoms with van der Waals surface area (Å²) in [6.45, 7) is -3.93. The van der Waals surface area contributed by atoms with Crippen LogP contribution in [-0.4, -0.2) is 98.8 Å². The van der Waals surface area contributed by atoms with Gasteiger partial charge in [0.05, 0.1) is 17.9 Å². The standard InChI is InChI=1S/2C6H9NO6.Bi.3Na.O/c2*8-4(9)1-7(2-5(10)11)3-6(12)13;;;;;/h2*1-3H2,(H,8,9)(H,10,11)(H,12,13);;;;;/q;;4*+1;/p-4. The molecule has 31 heavy (non-hydrogen) atoms. The summed E-state index contributed by atoms with van der Waals surface area (Å²) in [5, 5.41) is 50.4. The van der Waals surface area contributed by atoms with Crippen LogP contribution in [0.3, 0.4) is 0 Å². The molecular weight excluding hydrogens is 658 g/mol. The van der Waals surface area contributed by atoms with Crippen LogP contribution in [-0.2, 0) is 34.4 Å². The van der Waals surface area contributed by atoms with E-state index in [0.29, 0.717) is 0 Å². The van der Waals surface area contributed by atoms with Gasteiger partial charge in [0.25, 0.3) is 0 Å². The van der Waals surface area contributed by atoms with E-state index < -0.39 is 98.8 Å². The topological polar surface area (TPSA) is 253 Å². The Morgan fingerprint density at radius 1 is 0.548 bits per heavy atom. The second-order valence-electron chi connectivity index (χ2n) is 4.96. The summed E-state index contributed by atoms with van der Waals surface area (Å²) in [6, 6.07) is 0. The average molecular weight is 672 g/mol. The molecule has 0 aliphatic carbocycles. The van der Waals surface area contributed by atoms with Crippen molar-refractivity contribution in [1.82, 2.24) is 0 Å². The van der Waals surface area contributed by atoms with E-state index in [1.165, 1.54) is 0 Å². The molecule has 0 rings (SSSR count). The summed E-state index contributed by atoms with van der Waals surface area (Å²) in [7, 11) is 0. The zero-order chi connectivity index (χ0) is 22.3. The van der Waals surface area contributed by atoms with Crippen LogP contribution < -0.4 is 124 Å². The number of rotatable bonds is 13. The molecule has 0 heterocycles. The molecule has 0 spiro atoms. The molecule has 0 unspecified atom stereocenters. The minimum atomic E-state index is -2.49. The number of quaternary nitrogens is 2. The van der Waals surface area contributed by atoms with Gasteiger partial charge < -0.3 is 34.6 Å². The van der Waals surface area contributed by atoms with Crippen molar-refractivity contribution in [3.63, 3.8) is 0 Å². The van der Waals surface area contributed by atoms with Gasteiger partial charge in [0, 0.05) is 0 Å². The van der Waals surface area contributed by atoms with Gasteiger partial charge in [-0.05, 0) is 0 Å². The number of carbonyl (C=O) groups excluding carboxylic acids is 6. The zero-order valence-corrected chi connectivity index (χ0v) is 26.5. The molecule has 0 aromatic heterocycles. The van der Waals surface area contributed by atoms with E-state index in [0.717, 1.165) is 0 Å². The summed E-state index contributed by atoms with van der Waals surface area (Å²) in [5.41, 5.74) is 0. The Kier molecular flexibility index (Phi) is 33.7. The predicted octanol–water partition coefficient (Wildman–Crippen LogP) is -22.0. The first-order valence-corrected chi connectivity index (χ1v) is 9.90. The Morgan fingerprint density at radius 3 is 0.968 bits per heavy atom. The van der Waals surface area contributed by atoms with Gasteiger partial charge in [0.1, 0.15) is 19.6 Å². The summed E-state index contributed by atoms with van der Waals surface area (Å²) < 4.78 is 14.2. The quantitative estimate of drug-likeness (QED) is 0.173. The van der Waals surface area contributed by atoms with Crippen molar-refractivity contribution >= 4 is 59.5 Å². The molecule has 0 saturated heterocycles. The van der Waals surface area contributed by atoms with Crippen molar-refractivity contribution in [2.24, 2.45) is 0 Å². The maximum absolute atomic E-state index is 10.8. The first-order valence-electron chi connectivity index (χ1n) is 7.06. The predicted molar refractivity (Wildman–Crippen MR) is 68.7 cm³/mol. The Labute approximate surface area is 254 Å². The van der Waals surface area contributed by atoms with Crippen LogP contribution in [0.5, 0.6) is 0 Å². The molecule has 15 nitrogen and oxygen atoms in total. The first kappa shape index (κ1) is 41.7. The van der Waals surface area contributed by atoms with Crippen molar-refractivity contribution < 1.29 is 158 Å². The monoisotopic (exact) mass is 672 g/mol. The number of hydrogen-bond donors (Lipinski definition) is 2. The number of nitrogens with one attached hydrogen (secondary N) is 2. The van der Waals surface area contributed by atoms with Crippen LogP contribution in [0, 0.1) is 0 Å². The molecule has 0 amide bonds. The number of carboxylic acids is 5. The summed E-state index contributed by atoms with van der Waals surface area (Å²) >= 11 is -2.49. The Morgan fingerprint density at radius 2 is 0.774 bits per heavy atom. The molecule has 0 atom stereocenters. The van der Waals surface area contributed by atoms with Crippen LogP contribution in [0.2, 0.25) is 0 Å². The van der Waals surface area contributed by atoms with Gasteiger partial charge in [-0.1, -0.05) is 0 Å². The van der Waals surface area contributed by atoms with Crippen LogP contribution in [0.25, 0.3) is 0 Å². The normalized spacial score (nSPS) is 8.84.